The number of carbonyl (C=O) groups is 1. The van der Waals surface area contributed by atoms with Gasteiger partial charge in [0.25, 0.3) is 5.91 Å². The van der Waals surface area contributed by atoms with E-state index in [4.69, 9.17) is 9.47 Å². The minimum Gasteiger partial charge on any atom is -0.507 e. The van der Waals surface area contributed by atoms with E-state index in [0.717, 1.165) is 49.5 Å². The molecule has 1 amide bonds. The zero-order valence-electron chi connectivity index (χ0n) is 19.1. The summed E-state index contributed by atoms with van der Waals surface area (Å²) in [5.41, 5.74) is 5.28. The van der Waals surface area contributed by atoms with Gasteiger partial charge in [0.2, 0.25) is 0 Å². The van der Waals surface area contributed by atoms with E-state index in [2.05, 4.69) is 33.3 Å². The Hall–Kier alpha value is -2.94. The van der Waals surface area contributed by atoms with E-state index in [1.807, 2.05) is 13.8 Å². The number of phenols is 1. The Bertz CT molecular complexity index is 1170. The summed E-state index contributed by atoms with van der Waals surface area (Å²) in [7, 11) is 0. The van der Waals surface area contributed by atoms with Crippen LogP contribution in [0.15, 0.2) is 30.3 Å². The van der Waals surface area contributed by atoms with Crippen LogP contribution in [0.4, 0.5) is 0 Å². The van der Waals surface area contributed by atoms with Crippen molar-refractivity contribution in [1.29, 1.82) is 0 Å². The third-order valence-corrected chi connectivity index (χ3v) is 6.33. The maximum atomic E-state index is 13.4. The zero-order valence-corrected chi connectivity index (χ0v) is 19.1. The first-order chi connectivity index (χ1) is 16.0. The van der Waals surface area contributed by atoms with Gasteiger partial charge in [0.15, 0.2) is 0 Å². The number of ether oxygens (including phenoxy) is 2. The second-order valence-corrected chi connectivity index (χ2v) is 9.10. The van der Waals surface area contributed by atoms with Crippen molar-refractivity contribution >= 4 is 16.8 Å². The van der Waals surface area contributed by atoms with Gasteiger partial charge in [-0.2, -0.15) is 5.10 Å². The number of benzene rings is 2. The van der Waals surface area contributed by atoms with Crippen molar-refractivity contribution in [3.05, 3.63) is 58.3 Å². The molecule has 3 aromatic rings. The normalized spacial score (nSPS) is 16.6. The van der Waals surface area contributed by atoms with Gasteiger partial charge < -0.3 is 19.5 Å². The van der Waals surface area contributed by atoms with Crippen LogP contribution in [0.2, 0.25) is 0 Å². The Morgan fingerprint density at radius 3 is 2.76 bits per heavy atom. The van der Waals surface area contributed by atoms with E-state index in [9.17, 15) is 9.90 Å². The summed E-state index contributed by atoms with van der Waals surface area (Å²) in [6.07, 6.45) is 0.0752. The highest BCUT2D eigenvalue weighted by Crippen LogP contribution is 2.31. The van der Waals surface area contributed by atoms with Crippen LogP contribution in [0, 0.1) is 0 Å². The molecule has 0 radical (unpaired) electrons. The van der Waals surface area contributed by atoms with E-state index >= 15 is 0 Å². The Balaban J connectivity index is 1.33. The molecule has 2 aliphatic heterocycles. The molecule has 0 atom stereocenters. The van der Waals surface area contributed by atoms with Crippen LogP contribution in [0.25, 0.3) is 10.9 Å². The van der Waals surface area contributed by atoms with Crippen molar-refractivity contribution in [2.45, 2.75) is 46.2 Å². The maximum Gasteiger partial charge on any atom is 0.258 e. The van der Waals surface area contributed by atoms with E-state index in [1.54, 1.807) is 17.0 Å². The van der Waals surface area contributed by atoms with Gasteiger partial charge in [0.1, 0.15) is 5.75 Å². The molecule has 2 N–H and O–H groups in total. The van der Waals surface area contributed by atoms with Crippen molar-refractivity contribution < 1.29 is 19.4 Å². The lowest BCUT2D eigenvalue weighted by Gasteiger charge is -2.26. The number of rotatable bonds is 6. The van der Waals surface area contributed by atoms with Gasteiger partial charge in [0.05, 0.1) is 42.7 Å². The fourth-order valence-electron chi connectivity index (χ4n) is 4.51. The lowest BCUT2D eigenvalue weighted by Crippen LogP contribution is -2.35. The zero-order chi connectivity index (χ0) is 22.9. The standard InChI is InChI=1S/C25H30N4O4/c1-16(2)33-15-23-20-10-21(24(30)11-22(20)26-27-23)25(31)29-13-18-4-3-17(9-19(18)14-29)12-28-5-7-32-8-6-28/h3-4,9-11,16,30H,5-8,12-15H2,1-2H3,(H,26,27). The molecule has 0 bridgehead atoms. The molecule has 8 nitrogen and oxygen atoms in total. The molecule has 2 aromatic carbocycles. The molecule has 1 saturated heterocycles. The summed E-state index contributed by atoms with van der Waals surface area (Å²) >= 11 is 0. The summed E-state index contributed by atoms with van der Waals surface area (Å²) < 4.78 is 11.1. The summed E-state index contributed by atoms with van der Waals surface area (Å²) in [4.78, 5) is 17.5. The number of aromatic hydroxyl groups is 1. The fraction of sp³-hybridized carbons (Fsp3) is 0.440. The lowest BCUT2D eigenvalue weighted by atomic mass is 10.1. The molecule has 0 unspecified atom stereocenters. The average Bonchev–Trinajstić information content (AvgIpc) is 3.40. The number of aromatic nitrogens is 2. The average molecular weight is 451 g/mol. The molecular weight excluding hydrogens is 420 g/mol. The number of morpholine rings is 1. The Morgan fingerprint density at radius 2 is 1.97 bits per heavy atom. The number of H-pyrrole nitrogens is 1. The largest absolute Gasteiger partial charge is 0.507 e. The molecule has 8 heteroatoms. The first-order valence-corrected chi connectivity index (χ1v) is 11.5. The van der Waals surface area contributed by atoms with E-state index in [-0.39, 0.29) is 23.3 Å². The Kier molecular flexibility index (Phi) is 6.05. The van der Waals surface area contributed by atoms with Crippen LogP contribution in [-0.2, 0) is 35.7 Å². The molecule has 0 spiro atoms. The van der Waals surface area contributed by atoms with Crippen LogP contribution >= 0.6 is 0 Å². The Morgan fingerprint density at radius 1 is 1.18 bits per heavy atom. The summed E-state index contributed by atoms with van der Waals surface area (Å²) in [5.74, 6) is -0.228. The monoisotopic (exact) mass is 450 g/mol. The number of fused-ring (bicyclic) bond motifs is 2. The molecule has 1 aromatic heterocycles. The molecule has 3 heterocycles. The van der Waals surface area contributed by atoms with Gasteiger partial charge in [0, 0.05) is 44.2 Å². The molecule has 174 valence electrons. The number of aromatic amines is 1. The smallest absolute Gasteiger partial charge is 0.258 e. The van der Waals surface area contributed by atoms with Crippen LogP contribution in [0.1, 0.15) is 46.6 Å². The highest BCUT2D eigenvalue weighted by molar-refractivity contribution is 6.01. The predicted octanol–water partition coefficient (Wildman–Crippen LogP) is 3.18. The van der Waals surface area contributed by atoms with E-state index in [0.29, 0.717) is 25.2 Å². The van der Waals surface area contributed by atoms with Crippen LogP contribution in [0.3, 0.4) is 0 Å². The third-order valence-electron chi connectivity index (χ3n) is 6.33. The predicted molar refractivity (Wildman–Crippen MR) is 124 cm³/mol. The quantitative estimate of drug-likeness (QED) is 0.600. The lowest BCUT2D eigenvalue weighted by molar-refractivity contribution is 0.0342. The van der Waals surface area contributed by atoms with Gasteiger partial charge >= 0.3 is 0 Å². The van der Waals surface area contributed by atoms with Crippen LogP contribution < -0.4 is 0 Å². The van der Waals surface area contributed by atoms with Crippen molar-refractivity contribution in [2.75, 3.05) is 26.3 Å². The molecule has 0 aliphatic carbocycles. The van der Waals surface area contributed by atoms with Crippen LogP contribution in [-0.4, -0.2) is 63.4 Å². The molecule has 0 saturated carbocycles. The third kappa shape index (κ3) is 4.59. The number of amides is 1. The minimum atomic E-state index is -0.183. The van der Waals surface area contributed by atoms with Crippen molar-refractivity contribution in [3.63, 3.8) is 0 Å². The first kappa shape index (κ1) is 21.9. The fourth-order valence-corrected chi connectivity index (χ4v) is 4.51. The summed E-state index contributed by atoms with van der Waals surface area (Å²) in [6.45, 7) is 9.70. The summed E-state index contributed by atoms with van der Waals surface area (Å²) in [6, 6.07) is 9.77. The number of phenolic OH excluding ortho intramolecular Hbond substituents is 1. The first-order valence-electron chi connectivity index (χ1n) is 11.5. The SMILES string of the molecule is CC(C)OCc1n[nH]c2cc(O)c(C(=O)N3Cc4ccc(CN5CCOCC5)cc4C3)cc12. The topological polar surface area (TPSA) is 90.9 Å². The van der Waals surface area contributed by atoms with Crippen molar-refractivity contribution in [1.82, 2.24) is 20.0 Å². The highest BCUT2D eigenvalue weighted by Gasteiger charge is 2.27. The number of carbonyl (C=O) groups excluding carboxylic acids is 1. The van der Waals surface area contributed by atoms with Crippen molar-refractivity contribution in [2.24, 2.45) is 0 Å². The molecule has 33 heavy (non-hydrogen) atoms. The Labute approximate surface area is 193 Å². The number of hydrogen-bond acceptors (Lipinski definition) is 6. The molecule has 2 aliphatic rings. The van der Waals surface area contributed by atoms with E-state index in [1.165, 1.54) is 11.1 Å². The van der Waals surface area contributed by atoms with Gasteiger partial charge in [-0.1, -0.05) is 18.2 Å². The van der Waals surface area contributed by atoms with Gasteiger partial charge in [-0.15, -0.1) is 0 Å². The summed E-state index contributed by atoms with van der Waals surface area (Å²) in [5, 5.41) is 18.6. The molecule has 1 fully saturated rings. The second-order valence-electron chi connectivity index (χ2n) is 9.10. The van der Waals surface area contributed by atoms with Gasteiger partial charge in [-0.05, 0) is 36.6 Å². The molecular formula is C25H30N4O4. The second kappa shape index (κ2) is 9.13. The number of hydrogen-bond donors (Lipinski definition) is 2. The van der Waals surface area contributed by atoms with E-state index < -0.39 is 0 Å². The number of nitrogens with one attached hydrogen (secondary N) is 1. The van der Waals surface area contributed by atoms with Gasteiger partial charge in [-0.3, -0.25) is 14.8 Å². The maximum absolute atomic E-state index is 13.4. The minimum absolute atomic E-state index is 0.0450. The van der Waals surface area contributed by atoms with Crippen molar-refractivity contribution in [3.8, 4) is 5.75 Å². The van der Waals surface area contributed by atoms with Crippen LogP contribution in [0.5, 0.6) is 5.75 Å². The molecule has 5 rings (SSSR count). The highest BCUT2D eigenvalue weighted by atomic mass is 16.5. The van der Waals surface area contributed by atoms with Gasteiger partial charge in [-0.25, -0.2) is 0 Å². The number of nitrogens with zero attached hydrogens (tertiary/aromatic N) is 3.